The molecule has 2 aromatic carbocycles. The SMILES string of the molecule is Cc1ccc(Br)nc1CC(=O)[C@@H]1C[C@@]2(C)C[C@H]2N1C(=O)Cc1ccc2scc(C(=O)O)c2c1.Cc1ccc(Br)nc1CC(=O)[C@@H]1C[C@@]2(C)C[C@H]2N1C(=O)Cc1ccc2scc(C(N)=O)c2c1. The second-order valence-electron chi connectivity index (χ2n) is 18.9. The first-order valence-corrected chi connectivity index (χ1v) is 25.1. The van der Waals surface area contributed by atoms with Crippen LogP contribution in [0.4, 0.5) is 0 Å². The standard InChI is InChI=1S/C25H24BrN3O3S.C25H23BrN2O4S/c1-13-3-6-22(26)28-17(13)9-19(30)18-10-25(2)11-21(25)29(18)23(31)8-14-4-5-20-15(7-14)16(12-33-20)24(27)32;1-13-3-6-22(26)27-17(13)9-19(29)18-10-25(2)11-21(25)28(18)23(30)8-14-4-5-20-15(7-14)16(12-33-20)24(31)32/h3-7,12,18,21H,8-11H2,1-2H3,(H2,27,32);3-7,12,18,21H,8-11H2,1-2H3,(H,31,32)/t2*18-,21+,25-/m00/s1. The Labute approximate surface area is 406 Å². The van der Waals surface area contributed by atoms with E-state index in [9.17, 15) is 33.9 Å². The molecule has 10 rings (SSSR count). The summed E-state index contributed by atoms with van der Waals surface area (Å²) in [5.74, 6) is -1.51. The van der Waals surface area contributed by atoms with Gasteiger partial charge in [0.05, 0.1) is 60.3 Å². The van der Waals surface area contributed by atoms with Gasteiger partial charge in [-0.1, -0.05) is 38.1 Å². The molecule has 6 heterocycles. The number of Topliss-reactive ketones (excluding diaryl/α,β-unsaturated/α-hetero) is 2. The summed E-state index contributed by atoms with van der Waals surface area (Å²) in [7, 11) is 0. The van der Waals surface area contributed by atoms with Crippen LogP contribution in [0.15, 0.2) is 80.6 Å². The number of likely N-dealkylation sites (tertiary alicyclic amines) is 2. The highest BCUT2D eigenvalue weighted by atomic mass is 79.9. The summed E-state index contributed by atoms with van der Waals surface area (Å²) < 4.78 is 3.23. The summed E-state index contributed by atoms with van der Waals surface area (Å²) in [5, 5.41) is 14.2. The molecule has 0 unspecified atom stereocenters. The summed E-state index contributed by atoms with van der Waals surface area (Å²) >= 11 is 9.59. The van der Waals surface area contributed by atoms with Crippen molar-refractivity contribution < 1.29 is 33.9 Å². The number of piperidine rings is 2. The number of rotatable bonds is 12. The maximum absolute atomic E-state index is 13.4. The highest BCUT2D eigenvalue weighted by molar-refractivity contribution is 9.10. The molecule has 6 atom stereocenters. The Morgan fingerprint density at radius 3 is 1.50 bits per heavy atom. The van der Waals surface area contributed by atoms with Gasteiger partial charge >= 0.3 is 5.97 Å². The number of thiophene rings is 2. The Kier molecular flexibility index (Phi) is 12.2. The number of hydrogen-bond acceptors (Lipinski definition) is 10. The lowest BCUT2D eigenvalue weighted by Gasteiger charge is -2.27. The van der Waals surface area contributed by atoms with Gasteiger partial charge in [0.25, 0.3) is 0 Å². The van der Waals surface area contributed by atoms with Gasteiger partial charge in [-0.25, -0.2) is 14.8 Å². The van der Waals surface area contributed by atoms with Gasteiger partial charge in [0, 0.05) is 43.0 Å². The molecule has 3 amide bonds. The molecule has 4 fully saturated rings. The minimum absolute atomic E-state index is 0.00349. The molecule has 2 saturated carbocycles. The number of aromatic carboxylic acids is 1. The molecule has 2 saturated heterocycles. The largest absolute Gasteiger partial charge is 0.478 e. The number of halogens is 2. The number of primary amides is 1. The van der Waals surface area contributed by atoms with E-state index in [1.807, 2.05) is 73.3 Å². The monoisotopic (exact) mass is 1050 g/mol. The Bertz CT molecular complexity index is 2840. The number of ketones is 2. The lowest BCUT2D eigenvalue weighted by Crippen LogP contribution is -2.44. The second kappa shape index (κ2) is 17.5. The fourth-order valence-electron chi connectivity index (χ4n) is 10.1. The number of aromatic nitrogens is 2. The molecule has 2 aliphatic heterocycles. The van der Waals surface area contributed by atoms with E-state index in [-0.39, 0.29) is 77.5 Å². The normalized spacial score (nSPS) is 23.5. The summed E-state index contributed by atoms with van der Waals surface area (Å²) in [6.07, 6.45) is 3.99. The van der Waals surface area contributed by atoms with Crippen molar-refractivity contribution in [2.24, 2.45) is 16.6 Å². The van der Waals surface area contributed by atoms with E-state index in [4.69, 9.17) is 5.73 Å². The first-order chi connectivity index (χ1) is 31.3. The topological polar surface area (TPSA) is 181 Å². The van der Waals surface area contributed by atoms with Crippen molar-refractivity contribution in [3.05, 3.63) is 125 Å². The Morgan fingerprint density at radius 2 is 1.08 bits per heavy atom. The van der Waals surface area contributed by atoms with Crippen LogP contribution in [0.2, 0.25) is 0 Å². The van der Waals surface area contributed by atoms with E-state index >= 15 is 0 Å². The number of hydrogen-bond donors (Lipinski definition) is 2. The highest BCUT2D eigenvalue weighted by Crippen LogP contribution is 2.60. The molecule has 340 valence electrons. The Hall–Kier alpha value is -5.16. The van der Waals surface area contributed by atoms with Crippen molar-refractivity contribution in [1.82, 2.24) is 19.8 Å². The highest BCUT2D eigenvalue weighted by Gasteiger charge is 2.65. The van der Waals surface area contributed by atoms with Crippen LogP contribution >= 0.6 is 54.5 Å². The van der Waals surface area contributed by atoms with Gasteiger partial charge in [0.1, 0.15) is 9.21 Å². The van der Waals surface area contributed by atoms with E-state index in [1.165, 1.54) is 22.7 Å². The Morgan fingerprint density at radius 1 is 0.652 bits per heavy atom. The zero-order valence-electron chi connectivity index (χ0n) is 36.7. The maximum Gasteiger partial charge on any atom is 0.337 e. The van der Waals surface area contributed by atoms with Crippen LogP contribution in [0.25, 0.3) is 20.2 Å². The fraction of sp³-hybridized carbons (Fsp3) is 0.360. The zero-order valence-corrected chi connectivity index (χ0v) is 41.5. The van der Waals surface area contributed by atoms with Gasteiger partial charge < -0.3 is 20.6 Å². The number of carboxylic acids is 1. The van der Waals surface area contributed by atoms with Crippen LogP contribution in [0.1, 0.15) is 93.9 Å². The molecule has 0 bridgehead atoms. The molecule has 0 spiro atoms. The van der Waals surface area contributed by atoms with Gasteiger partial charge in [-0.05, 0) is 141 Å². The summed E-state index contributed by atoms with van der Waals surface area (Å²) in [6, 6.07) is 18.2. The molecular weight excluding hydrogens is 1010 g/mol. The number of carbonyl (C=O) groups is 6. The van der Waals surface area contributed by atoms with Gasteiger partial charge in [-0.2, -0.15) is 0 Å². The van der Waals surface area contributed by atoms with E-state index in [2.05, 4.69) is 55.7 Å². The quantitative estimate of drug-likeness (QED) is 0.113. The van der Waals surface area contributed by atoms with Crippen LogP contribution in [-0.2, 0) is 44.9 Å². The lowest BCUT2D eigenvalue weighted by atomic mass is 9.96. The van der Waals surface area contributed by atoms with Crippen LogP contribution < -0.4 is 5.73 Å². The first-order valence-electron chi connectivity index (χ1n) is 21.8. The number of nitrogens with zero attached hydrogens (tertiary/aromatic N) is 4. The van der Waals surface area contributed by atoms with Gasteiger partial charge in [0.2, 0.25) is 17.7 Å². The van der Waals surface area contributed by atoms with E-state index in [0.717, 1.165) is 61.3 Å². The number of carboxylic acid groups (broad SMARTS) is 1. The average molecular weight is 1050 g/mol. The minimum Gasteiger partial charge on any atom is -0.478 e. The van der Waals surface area contributed by atoms with E-state index < -0.39 is 24.0 Å². The second-order valence-corrected chi connectivity index (χ2v) is 22.3. The summed E-state index contributed by atoms with van der Waals surface area (Å²) in [6.45, 7) is 8.18. The van der Waals surface area contributed by atoms with Crippen LogP contribution in [0.5, 0.6) is 0 Å². The molecule has 0 radical (unpaired) electrons. The third kappa shape index (κ3) is 8.89. The predicted octanol–water partition coefficient (Wildman–Crippen LogP) is 9.00. The molecule has 6 aromatic rings. The van der Waals surface area contributed by atoms with Crippen molar-refractivity contribution in [2.45, 2.75) is 103 Å². The predicted molar refractivity (Wildman–Crippen MR) is 261 cm³/mol. The average Bonchev–Trinajstić information content (AvgIpc) is 3.73. The molecule has 3 N–H and O–H groups in total. The van der Waals surface area contributed by atoms with E-state index in [1.54, 1.807) is 21.7 Å². The molecule has 2 aliphatic carbocycles. The minimum atomic E-state index is -0.972. The zero-order chi connectivity index (χ0) is 47.0. The van der Waals surface area contributed by atoms with Crippen LogP contribution in [0, 0.1) is 24.7 Å². The molecule has 66 heavy (non-hydrogen) atoms. The van der Waals surface area contributed by atoms with Crippen molar-refractivity contribution in [2.75, 3.05) is 0 Å². The molecule has 4 aromatic heterocycles. The Balaban J connectivity index is 0.000000166. The number of carbonyl (C=O) groups excluding carboxylic acids is 5. The van der Waals surface area contributed by atoms with Crippen molar-refractivity contribution >= 4 is 110 Å². The van der Waals surface area contributed by atoms with Gasteiger partial charge in [0.15, 0.2) is 11.6 Å². The molecule has 12 nitrogen and oxygen atoms in total. The molecular formula is C50H47Br2N5O7S2. The number of aryl methyl sites for hydroxylation is 2. The summed E-state index contributed by atoms with van der Waals surface area (Å²) in [4.78, 5) is 89.2. The molecule has 16 heteroatoms. The van der Waals surface area contributed by atoms with Gasteiger partial charge in [-0.3, -0.25) is 24.0 Å². The molecule has 4 aliphatic rings. The third-order valence-electron chi connectivity index (χ3n) is 14.1. The van der Waals surface area contributed by atoms with Crippen molar-refractivity contribution in [3.63, 3.8) is 0 Å². The lowest BCUT2D eigenvalue weighted by molar-refractivity contribution is -0.138. The number of fused-ring (bicyclic) bond motifs is 4. The number of pyridine rings is 2. The smallest absolute Gasteiger partial charge is 0.337 e. The van der Waals surface area contributed by atoms with Gasteiger partial charge in [-0.15, -0.1) is 22.7 Å². The van der Waals surface area contributed by atoms with Crippen molar-refractivity contribution in [3.8, 4) is 0 Å². The van der Waals surface area contributed by atoms with Crippen LogP contribution in [-0.4, -0.2) is 84.3 Å². The van der Waals surface area contributed by atoms with E-state index in [0.29, 0.717) is 33.0 Å². The maximum atomic E-state index is 13.4. The van der Waals surface area contributed by atoms with Crippen LogP contribution in [0.3, 0.4) is 0 Å². The third-order valence-corrected chi connectivity index (χ3v) is 16.9. The number of nitrogens with two attached hydrogens (primary N) is 1. The number of benzene rings is 2. The summed E-state index contributed by atoms with van der Waals surface area (Å²) in [5.41, 5.74) is 11.2. The fourth-order valence-corrected chi connectivity index (χ4v) is 12.6. The number of amides is 3. The first kappa shape index (κ1) is 46.0. The van der Waals surface area contributed by atoms with Crippen molar-refractivity contribution in [1.29, 1.82) is 0 Å².